The van der Waals surface area contributed by atoms with Gasteiger partial charge in [0.05, 0.1) is 28.4 Å². The maximum atomic E-state index is 12.6. The van der Waals surface area contributed by atoms with Gasteiger partial charge in [-0.3, -0.25) is 9.59 Å². The molecule has 182 valence electrons. The summed E-state index contributed by atoms with van der Waals surface area (Å²) in [6.45, 7) is 2.65. The standard InChI is InChI=1S/C23H22Cl2N6O2S2/c1-2-31-19(11-27-21(33)15-8-7-13(24)9-17(15)25)29-30-23(31)34-12-20(32)28-22-16(10-26)14-5-3-4-6-18(14)35-22/h7-9H,2-6,11-12H2,1H3,(H,27,33)(H,28,32). The molecule has 0 fully saturated rings. The highest BCUT2D eigenvalue weighted by atomic mass is 35.5. The lowest BCUT2D eigenvalue weighted by Crippen LogP contribution is -2.25. The second-order valence-electron chi connectivity index (χ2n) is 7.81. The molecule has 0 spiro atoms. The molecule has 0 unspecified atom stereocenters. The number of carbonyl (C=O) groups excluding carboxylic acids is 2. The SMILES string of the molecule is CCn1c(CNC(=O)c2ccc(Cl)cc2Cl)nnc1SCC(=O)Nc1sc2c(c1C#N)CCCC2. The van der Waals surface area contributed by atoms with Crippen LogP contribution in [0, 0.1) is 11.3 Å². The lowest BCUT2D eigenvalue weighted by atomic mass is 9.96. The third-order valence-electron chi connectivity index (χ3n) is 5.56. The van der Waals surface area contributed by atoms with Gasteiger partial charge in [-0.25, -0.2) is 0 Å². The fourth-order valence-electron chi connectivity index (χ4n) is 3.87. The average molecular weight is 550 g/mol. The monoisotopic (exact) mass is 548 g/mol. The highest BCUT2D eigenvalue weighted by molar-refractivity contribution is 7.99. The quantitative estimate of drug-likeness (QED) is 0.379. The molecule has 1 aliphatic carbocycles. The summed E-state index contributed by atoms with van der Waals surface area (Å²) in [4.78, 5) is 26.3. The molecule has 0 atom stereocenters. The predicted octanol–water partition coefficient (Wildman–Crippen LogP) is 5.08. The molecule has 35 heavy (non-hydrogen) atoms. The predicted molar refractivity (Wildman–Crippen MR) is 138 cm³/mol. The molecule has 1 aliphatic rings. The molecule has 2 N–H and O–H groups in total. The maximum Gasteiger partial charge on any atom is 0.253 e. The summed E-state index contributed by atoms with van der Waals surface area (Å²) in [6.07, 6.45) is 4.04. The Balaban J connectivity index is 1.36. The number of nitrogens with one attached hydrogen (secondary N) is 2. The van der Waals surface area contributed by atoms with Crippen molar-refractivity contribution in [2.45, 2.75) is 50.9 Å². The molecule has 8 nitrogen and oxygen atoms in total. The van der Waals surface area contributed by atoms with Crippen LogP contribution >= 0.6 is 46.3 Å². The van der Waals surface area contributed by atoms with Crippen molar-refractivity contribution < 1.29 is 9.59 Å². The van der Waals surface area contributed by atoms with Gasteiger partial charge in [0.15, 0.2) is 11.0 Å². The van der Waals surface area contributed by atoms with Gasteiger partial charge in [-0.05, 0) is 56.4 Å². The number of carbonyl (C=O) groups is 2. The van der Waals surface area contributed by atoms with Crippen LogP contribution in [0.15, 0.2) is 23.4 Å². The number of thioether (sulfide) groups is 1. The molecular weight excluding hydrogens is 527 g/mol. The van der Waals surface area contributed by atoms with E-state index in [0.29, 0.717) is 38.7 Å². The van der Waals surface area contributed by atoms with Gasteiger partial charge in [-0.1, -0.05) is 35.0 Å². The van der Waals surface area contributed by atoms with Crippen molar-refractivity contribution in [2.24, 2.45) is 0 Å². The molecule has 2 aromatic heterocycles. The number of anilines is 1. The third-order valence-corrected chi connectivity index (χ3v) is 8.28. The van der Waals surface area contributed by atoms with Gasteiger partial charge in [-0.15, -0.1) is 21.5 Å². The number of halogens is 2. The Labute approximate surface area is 221 Å². The van der Waals surface area contributed by atoms with Crippen molar-refractivity contribution in [3.05, 3.63) is 55.6 Å². The number of hydrogen-bond acceptors (Lipinski definition) is 7. The van der Waals surface area contributed by atoms with E-state index >= 15 is 0 Å². The highest BCUT2D eigenvalue weighted by Crippen LogP contribution is 2.37. The van der Waals surface area contributed by atoms with E-state index in [1.54, 1.807) is 12.1 Å². The lowest BCUT2D eigenvalue weighted by molar-refractivity contribution is -0.113. The first-order chi connectivity index (χ1) is 16.9. The van der Waals surface area contributed by atoms with Crippen molar-refractivity contribution in [1.29, 1.82) is 5.26 Å². The van der Waals surface area contributed by atoms with Crippen LogP contribution in [0.25, 0.3) is 0 Å². The summed E-state index contributed by atoms with van der Waals surface area (Å²) in [5.41, 5.74) is 2.00. The number of nitrogens with zero attached hydrogens (tertiary/aromatic N) is 4. The van der Waals surface area contributed by atoms with Gasteiger partial charge in [-0.2, -0.15) is 5.26 Å². The first kappa shape index (κ1) is 25.5. The van der Waals surface area contributed by atoms with Crippen LogP contribution in [0.4, 0.5) is 5.00 Å². The first-order valence-corrected chi connectivity index (χ1v) is 13.6. The number of rotatable bonds is 8. The first-order valence-electron chi connectivity index (χ1n) is 11.0. The summed E-state index contributed by atoms with van der Waals surface area (Å²) in [7, 11) is 0. The summed E-state index contributed by atoms with van der Waals surface area (Å²) < 4.78 is 1.84. The molecule has 4 rings (SSSR count). The zero-order valence-electron chi connectivity index (χ0n) is 18.9. The fourth-order valence-corrected chi connectivity index (χ4v) is 6.44. The Hall–Kier alpha value is -2.58. The Kier molecular flexibility index (Phi) is 8.34. The molecule has 2 amide bonds. The Morgan fingerprint density at radius 2 is 2.06 bits per heavy atom. The van der Waals surface area contributed by atoms with Crippen LogP contribution in [-0.4, -0.2) is 32.3 Å². The summed E-state index contributed by atoms with van der Waals surface area (Å²) in [5, 5.41) is 25.5. The minimum absolute atomic E-state index is 0.123. The molecule has 1 aromatic carbocycles. The van der Waals surface area contributed by atoms with Crippen LogP contribution < -0.4 is 10.6 Å². The Bertz CT molecular complexity index is 1310. The minimum Gasteiger partial charge on any atom is -0.345 e. The van der Waals surface area contributed by atoms with Gasteiger partial charge < -0.3 is 15.2 Å². The van der Waals surface area contributed by atoms with E-state index in [4.69, 9.17) is 23.2 Å². The third kappa shape index (κ3) is 5.81. The van der Waals surface area contributed by atoms with E-state index < -0.39 is 0 Å². The average Bonchev–Trinajstić information content (AvgIpc) is 3.40. The second kappa shape index (κ2) is 11.4. The van der Waals surface area contributed by atoms with Gasteiger partial charge in [0.2, 0.25) is 5.91 Å². The van der Waals surface area contributed by atoms with Gasteiger partial charge >= 0.3 is 0 Å². The van der Waals surface area contributed by atoms with Crippen molar-refractivity contribution >= 4 is 63.1 Å². The van der Waals surface area contributed by atoms with Gasteiger partial charge in [0.25, 0.3) is 5.91 Å². The van der Waals surface area contributed by atoms with E-state index in [1.165, 1.54) is 34.0 Å². The van der Waals surface area contributed by atoms with Gasteiger partial charge in [0.1, 0.15) is 11.1 Å². The summed E-state index contributed by atoms with van der Waals surface area (Å²) >= 11 is 14.8. The number of hydrogen-bond donors (Lipinski definition) is 2. The van der Waals surface area contributed by atoms with E-state index in [2.05, 4.69) is 26.9 Å². The zero-order valence-corrected chi connectivity index (χ0v) is 22.0. The van der Waals surface area contributed by atoms with E-state index in [0.717, 1.165) is 31.2 Å². The van der Waals surface area contributed by atoms with Crippen LogP contribution in [0.5, 0.6) is 0 Å². The molecule has 0 radical (unpaired) electrons. The highest BCUT2D eigenvalue weighted by Gasteiger charge is 2.22. The fraction of sp³-hybridized carbons (Fsp3) is 0.348. The van der Waals surface area contributed by atoms with Crippen molar-refractivity contribution in [1.82, 2.24) is 20.1 Å². The number of aromatic nitrogens is 3. The van der Waals surface area contributed by atoms with Crippen LogP contribution in [-0.2, 0) is 30.7 Å². The van der Waals surface area contributed by atoms with Crippen LogP contribution in [0.3, 0.4) is 0 Å². The van der Waals surface area contributed by atoms with E-state index in [-0.39, 0.29) is 29.1 Å². The maximum absolute atomic E-state index is 12.6. The number of thiophene rings is 1. The lowest BCUT2D eigenvalue weighted by Gasteiger charge is -2.09. The Morgan fingerprint density at radius 1 is 1.26 bits per heavy atom. The molecule has 2 heterocycles. The van der Waals surface area contributed by atoms with Crippen molar-refractivity contribution in [3.8, 4) is 6.07 Å². The molecule has 0 aliphatic heterocycles. The van der Waals surface area contributed by atoms with E-state index in [1.807, 2.05) is 11.5 Å². The number of aryl methyl sites for hydroxylation is 1. The molecule has 3 aromatic rings. The normalized spacial score (nSPS) is 12.6. The second-order valence-corrected chi connectivity index (χ2v) is 10.7. The summed E-state index contributed by atoms with van der Waals surface area (Å²) in [6, 6.07) is 6.93. The molecule has 0 saturated heterocycles. The van der Waals surface area contributed by atoms with Crippen molar-refractivity contribution in [2.75, 3.05) is 11.1 Å². The molecule has 12 heteroatoms. The molecule has 0 saturated carbocycles. The van der Waals surface area contributed by atoms with Crippen LogP contribution in [0.1, 0.15) is 52.0 Å². The van der Waals surface area contributed by atoms with E-state index in [9.17, 15) is 14.9 Å². The zero-order chi connectivity index (χ0) is 24.9. The van der Waals surface area contributed by atoms with Crippen LogP contribution in [0.2, 0.25) is 10.0 Å². The number of amides is 2. The van der Waals surface area contributed by atoms with Crippen molar-refractivity contribution in [3.63, 3.8) is 0 Å². The number of fused-ring (bicyclic) bond motifs is 1. The van der Waals surface area contributed by atoms with Gasteiger partial charge in [0, 0.05) is 16.4 Å². The minimum atomic E-state index is -0.349. The number of nitriles is 1. The smallest absolute Gasteiger partial charge is 0.253 e. The summed E-state index contributed by atoms with van der Waals surface area (Å²) in [5.74, 6) is 0.130. The molecular formula is C23H22Cl2N6O2S2. The Morgan fingerprint density at radius 3 is 2.80 bits per heavy atom. The largest absolute Gasteiger partial charge is 0.345 e. The topological polar surface area (TPSA) is 113 Å². The molecule has 0 bridgehead atoms. The number of benzene rings is 1.